The number of rotatable bonds is 7. The van der Waals surface area contributed by atoms with E-state index >= 15 is 0 Å². The first-order chi connectivity index (χ1) is 8.86. The van der Waals surface area contributed by atoms with Gasteiger partial charge in [0.15, 0.2) is 0 Å². The van der Waals surface area contributed by atoms with E-state index in [2.05, 4.69) is 26.1 Å². The van der Waals surface area contributed by atoms with Crippen molar-refractivity contribution in [2.45, 2.75) is 55.8 Å². The SMILES string of the molecule is CC(C)NC(C)(CO)CC(C)Sc1ccccc1F. The molecular formula is C15H24FNOS. The van der Waals surface area contributed by atoms with E-state index in [-0.39, 0.29) is 23.2 Å². The van der Waals surface area contributed by atoms with E-state index in [1.807, 2.05) is 13.0 Å². The minimum absolute atomic E-state index is 0.0767. The number of halogens is 1. The monoisotopic (exact) mass is 285 g/mol. The van der Waals surface area contributed by atoms with E-state index in [0.29, 0.717) is 10.9 Å². The Bertz CT molecular complexity index is 399. The van der Waals surface area contributed by atoms with Crippen molar-refractivity contribution in [2.24, 2.45) is 0 Å². The Morgan fingerprint density at radius 2 is 1.95 bits per heavy atom. The van der Waals surface area contributed by atoms with Crippen molar-refractivity contribution in [3.63, 3.8) is 0 Å². The van der Waals surface area contributed by atoms with Crippen LogP contribution in [0, 0.1) is 5.82 Å². The minimum Gasteiger partial charge on any atom is -0.394 e. The fraction of sp³-hybridized carbons (Fsp3) is 0.600. The van der Waals surface area contributed by atoms with Gasteiger partial charge >= 0.3 is 0 Å². The second kappa shape index (κ2) is 7.27. The molecule has 2 atom stereocenters. The normalized spacial score (nSPS) is 16.4. The van der Waals surface area contributed by atoms with Crippen molar-refractivity contribution in [2.75, 3.05) is 6.61 Å². The van der Waals surface area contributed by atoms with Gasteiger partial charge in [-0.05, 0) is 25.5 Å². The van der Waals surface area contributed by atoms with E-state index in [1.165, 1.54) is 17.8 Å². The highest BCUT2D eigenvalue weighted by molar-refractivity contribution is 8.00. The first-order valence-corrected chi connectivity index (χ1v) is 7.54. The van der Waals surface area contributed by atoms with Crippen molar-refractivity contribution in [1.29, 1.82) is 0 Å². The molecule has 0 bridgehead atoms. The molecule has 0 heterocycles. The Balaban J connectivity index is 2.63. The average Bonchev–Trinajstić information content (AvgIpc) is 2.31. The molecule has 0 saturated heterocycles. The maximum absolute atomic E-state index is 13.6. The average molecular weight is 285 g/mol. The molecule has 4 heteroatoms. The van der Waals surface area contributed by atoms with Crippen LogP contribution >= 0.6 is 11.8 Å². The van der Waals surface area contributed by atoms with Crippen LogP contribution in [0.15, 0.2) is 29.2 Å². The maximum atomic E-state index is 13.6. The Labute approximate surface area is 119 Å². The van der Waals surface area contributed by atoms with E-state index in [4.69, 9.17) is 0 Å². The molecule has 1 rings (SSSR count). The largest absolute Gasteiger partial charge is 0.394 e. The van der Waals surface area contributed by atoms with Crippen LogP contribution in [0.5, 0.6) is 0 Å². The van der Waals surface area contributed by atoms with Gasteiger partial charge in [0.2, 0.25) is 0 Å². The van der Waals surface area contributed by atoms with Crippen LogP contribution in [-0.4, -0.2) is 28.5 Å². The van der Waals surface area contributed by atoms with Crippen LogP contribution in [0.4, 0.5) is 4.39 Å². The summed E-state index contributed by atoms with van der Waals surface area (Å²) in [6, 6.07) is 7.12. The van der Waals surface area contributed by atoms with E-state index < -0.39 is 0 Å². The van der Waals surface area contributed by atoms with Crippen LogP contribution in [0.2, 0.25) is 0 Å². The fourth-order valence-corrected chi connectivity index (χ4v) is 3.52. The number of thioether (sulfide) groups is 1. The summed E-state index contributed by atoms with van der Waals surface area (Å²) in [5.41, 5.74) is -0.328. The highest BCUT2D eigenvalue weighted by atomic mass is 32.2. The Morgan fingerprint density at radius 3 is 2.47 bits per heavy atom. The quantitative estimate of drug-likeness (QED) is 0.753. The standard InChI is InChI=1S/C15H24FNOS/c1-11(2)17-15(4,10-18)9-12(3)19-14-8-6-5-7-13(14)16/h5-8,11-12,17-18H,9-10H2,1-4H3. The summed E-state index contributed by atoms with van der Waals surface area (Å²) in [4.78, 5) is 0.667. The predicted molar refractivity (Wildman–Crippen MR) is 80.1 cm³/mol. The summed E-state index contributed by atoms with van der Waals surface area (Å²) in [7, 11) is 0. The lowest BCUT2D eigenvalue weighted by atomic mass is 9.96. The van der Waals surface area contributed by atoms with E-state index in [1.54, 1.807) is 12.1 Å². The second-order valence-corrected chi connectivity index (χ2v) is 7.06. The smallest absolute Gasteiger partial charge is 0.136 e. The summed E-state index contributed by atoms with van der Waals surface area (Å²) in [5, 5.41) is 13.2. The van der Waals surface area contributed by atoms with E-state index in [0.717, 1.165) is 6.42 Å². The molecule has 1 aromatic carbocycles. The van der Waals surface area contributed by atoms with Gasteiger partial charge in [-0.3, -0.25) is 0 Å². The summed E-state index contributed by atoms with van der Waals surface area (Å²) in [6.45, 7) is 8.26. The number of nitrogens with one attached hydrogen (secondary N) is 1. The van der Waals surface area contributed by atoms with Crippen LogP contribution in [0.1, 0.15) is 34.1 Å². The molecule has 0 spiro atoms. The molecule has 0 aliphatic rings. The molecular weight excluding hydrogens is 261 g/mol. The van der Waals surface area contributed by atoms with Crippen LogP contribution < -0.4 is 5.32 Å². The topological polar surface area (TPSA) is 32.3 Å². The van der Waals surface area contributed by atoms with Crippen molar-refractivity contribution in [1.82, 2.24) is 5.32 Å². The Morgan fingerprint density at radius 1 is 1.32 bits per heavy atom. The lowest BCUT2D eigenvalue weighted by Gasteiger charge is -2.33. The molecule has 0 aromatic heterocycles. The summed E-state index contributed by atoms with van der Waals surface area (Å²) < 4.78 is 13.6. The number of aliphatic hydroxyl groups excluding tert-OH is 1. The molecule has 0 radical (unpaired) electrons. The van der Waals surface area contributed by atoms with E-state index in [9.17, 15) is 9.50 Å². The molecule has 0 fully saturated rings. The lowest BCUT2D eigenvalue weighted by molar-refractivity contribution is 0.157. The Hall–Kier alpha value is -0.580. The van der Waals surface area contributed by atoms with Crippen molar-refractivity contribution < 1.29 is 9.50 Å². The molecule has 0 aliphatic carbocycles. The maximum Gasteiger partial charge on any atom is 0.136 e. The molecule has 0 saturated carbocycles. The predicted octanol–water partition coefficient (Wildman–Crippen LogP) is 3.45. The first-order valence-electron chi connectivity index (χ1n) is 6.66. The molecule has 0 amide bonds. The van der Waals surface area contributed by atoms with Crippen molar-refractivity contribution in [3.8, 4) is 0 Å². The van der Waals surface area contributed by atoms with Gasteiger partial charge < -0.3 is 10.4 Å². The zero-order valence-electron chi connectivity index (χ0n) is 12.1. The molecule has 19 heavy (non-hydrogen) atoms. The molecule has 108 valence electrons. The molecule has 2 nitrogen and oxygen atoms in total. The zero-order chi connectivity index (χ0) is 14.5. The van der Waals surface area contributed by atoms with Gasteiger partial charge in [0.1, 0.15) is 5.82 Å². The van der Waals surface area contributed by atoms with Crippen LogP contribution in [0.25, 0.3) is 0 Å². The molecule has 2 unspecified atom stereocenters. The third-order valence-corrected chi connectivity index (χ3v) is 4.04. The minimum atomic E-state index is -0.328. The number of aliphatic hydroxyl groups is 1. The lowest BCUT2D eigenvalue weighted by Crippen LogP contribution is -2.50. The van der Waals surface area contributed by atoms with Gasteiger partial charge in [0, 0.05) is 21.7 Å². The number of hydrogen-bond donors (Lipinski definition) is 2. The second-order valence-electron chi connectivity index (χ2n) is 5.58. The van der Waals surface area contributed by atoms with Gasteiger partial charge in [-0.1, -0.05) is 32.9 Å². The van der Waals surface area contributed by atoms with Crippen LogP contribution in [-0.2, 0) is 0 Å². The third kappa shape index (κ3) is 5.51. The third-order valence-electron chi connectivity index (χ3n) is 2.89. The van der Waals surface area contributed by atoms with Gasteiger partial charge in [0.05, 0.1) is 6.61 Å². The summed E-state index contributed by atoms with van der Waals surface area (Å²) in [5.74, 6) is -0.179. The zero-order valence-corrected chi connectivity index (χ0v) is 12.9. The van der Waals surface area contributed by atoms with Gasteiger partial charge in [-0.25, -0.2) is 4.39 Å². The fourth-order valence-electron chi connectivity index (χ4n) is 2.30. The number of benzene rings is 1. The molecule has 1 aromatic rings. The highest BCUT2D eigenvalue weighted by Crippen LogP contribution is 2.30. The highest BCUT2D eigenvalue weighted by Gasteiger charge is 2.27. The molecule has 2 N–H and O–H groups in total. The number of hydrogen-bond acceptors (Lipinski definition) is 3. The van der Waals surface area contributed by atoms with Gasteiger partial charge in [0.25, 0.3) is 0 Å². The molecule has 0 aliphatic heterocycles. The van der Waals surface area contributed by atoms with Gasteiger partial charge in [-0.2, -0.15) is 0 Å². The van der Waals surface area contributed by atoms with Crippen molar-refractivity contribution >= 4 is 11.8 Å². The first kappa shape index (κ1) is 16.5. The summed E-state index contributed by atoms with van der Waals surface area (Å²) in [6.07, 6.45) is 0.778. The summed E-state index contributed by atoms with van der Waals surface area (Å²) >= 11 is 1.51. The van der Waals surface area contributed by atoms with Crippen LogP contribution in [0.3, 0.4) is 0 Å². The van der Waals surface area contributed by atoms with Gasteiger partial charge in [-0.15, -0.1) is 11.8 Å². The van der Waals surface area contributed by atoms with Crippen molar-refractivity contribution in [3.05, 3.63) is 30.1 Å². The Kier molecular flexibility index (Phi) is 6.30.